The standard InChI is InChI=1S/C18H19ClN2O5S/c1-4-12-10(3)27-16(15(12)18(24)25-5-2)21-14(22)9-26-17(23)13-8-11(19)6-7-20-13/h6-8H,4-5,9H2,1-3H3,(H,21,22). The normalized spacial score (nSPS) is 10.4. The van der Waals surface area contributed by atoms with Gasteiger partial charge >= 0.3 is 11.9 Å². The third kappa shape index (κ3) is 5.27. The average molecular weight is 411 g/mol. The molecular formula is C18H19ClN2O5S. The van der Waals surface area contributed by atoms with Crippen molar-refractivity contribution < 1.29 is 23.9 Å². The van der Waals surface area contributed by atoms with Crippen LogP contribution in [-0.4, -0.2) is 36.0 Å². The Morgan fingerprint density at radius 2 is 1.96 bits per heavy atom. The Kier molecular flexibility index (Phi) is 7.32. The van der Waals surface area contributed by atoms with Crippen LogP contribution >= 0.6 is 22.9 Å². The molecule has 1 amide bonds. The van der Waals surface area contributed by atoms with Crippen LogP contribution in [0.1, 0.15) is 45.1 Å². The summed E-state index contributed by atoms with van der Waals surface area (Å²) >= 11 is 7.07. The molecule has 2 aromatic heterocycles. The van der Waals surface area contributed by atoms with Crippen LogP contribution in [0.25, 0.3) is 0 Å². The van der Waals surface area contributed by atoms with E-state index in [0.717, 1.165) is 10.4 Å². The number of amides is 1. The molecule has 9 heteroatoms. The summed E-state index contributed by atoms with van der Waals surface area (Å²) in [7, 11) is 0. The van der Waals surface area contributed by atoms with Crippen LogP contribution in [0.3, 0.4) is 0 Å². The molecule has 0 radical (unpaired) electrons. The number of aryl methyl sites for hydroxylation is 1. The van der Waals surface area contributed by atoms with Crippen LogP contribution < -0.4 is 5.32 Å². The summed E-state index contributed by atoms with van der Waals surface area (Å²) in [5, 5.41) is 3.33. The van der Waals surface area contributed by atoms with E-state index < -0.39 is 24.5 Å². The number of halogens is 1. The predicted octanol–water partition coefficient (Wildman–Crippen LogP) is 3.64. The number of thiophene rings is 1. The summed E-state index contributed by atoms with van der Waals surface area (Å²) in [6, 6.07) is 2.86. The summed E-state index contributed by atoms with van der Waals surface area (Å²) in [6.07, 6.45) is 1.99. The summed E-state index contributed by atoms with van der Waals surface area (Å²) in [6.45, 7) is 5.21. The lowest BCUT2D eigenvalue weighted by atomic mass is 10.1. The van der Waals surface area contributed by atoms with Crippen molar-refractivity contribution in [2.75, 3.05) is 18.5 Å². The number of esters is 2. The molecule has 0 bridgehead atoms. The van der Waals surface area contributed by atoms with Gasteiger partial charge in [-0.3, -0.25) is 4.79 Å². The van der Waals surface area contributed by atoms with Crippen molar-refractivity contribution in [2.24, 2.45) is 0 Å². The van der Waals surface area contributed by atoms with Crippen LogP contribution in [0.5, 0.6) is 0 Å². The Balaban J connectivity index is 2.07. The third-order valence-electron chi connectivity index (χ3n) is 3.56. The second-order valence-corrected chi connectivity index (χ2v) is 7.06. The molecule has 0 spiro atoms. The average Bonchev–Trinajstić information content (AvgIpc) is 2.94. The van der Waals surface area contributed by atoms with Gasteiger partial charge in [-0.15, -0.1) is 11.3 Å². The van der Waals surface area contributed by atoms with Crippen LogP contribution in [0.2, 0.25) is 5.02 Å². The first kappa shape index (κ1) is 20.9. The van der Waals surface area contributed by atoms with Gasteiger partial charge in [0.05, 0.1) is 12.2 Å². The summed E-state index contributed by atoms with van der Waals surface area (Å²) in [5.41, 5.74) is 1.18. The molecule has 0 aliphatic carbocycles. The number of ether oxygens (including phenoxy) is 2. The molecule has 1 N–H and O–H groups in total. The first-order valence-electron chi connectivity index (χ1n) is 8.25. The van der Waals surface area contributed by atoms with E-state index in [1.165, 1.54) is 29.7 Å². The molecule has 0 aliphatic heterocycles. The molecule has 0 aromatic carbocycles. The number of carbonyl (C=O) groups is 3. The van der Waals surface area contributed by atoms with Crippen LogP contribution in [0.4, 0.5) is 5.00 Å². The predicted molar refractivity (Wildman–Crippen MR) is 103 cm³/mol. The minimum Gasteiger partial charge on any atom is -0.462 e. The van der Waals surface area contributed by atoms with Crippen LogP contribution in [0, 0.1) is 6.92 Å². The zero-order valence-electron chi connectivity index (χ0n) is 15.1. The Bertz CT molecular complexity index is 865. The Hall–Kier alpha value is -2.45. The van der Waals surface area contributed by atoms with Gasteiger partial charge in [0.15, 0.2) is 6.61 Å². The Morgan fingerprint density at radius 3 is 2.59 bits per heavy atom. The maximum Gasteiger partial charge on any atom is 0.357 e. The first-order chi connectivity index (χ1) is 12.9. The molecule has 0 saturated carbocycles. The number of rotatable bonds is 7. The number of carbonyl (C=O) groups excluding carboxylic acids is 3. The minimum atomic E-state index is -0.769. The lowest BCUT2D eigenvalue weighted by molar-refractivity contribution is -0.119. The van der Waals surface area contributed by atoms with Gasteiger partial charge in [0, 0.05) is 16.1 Å². The number of hydrogen-bond acceptors (Lipinski definition) is 7. The molecular weight excluding hydrogens is 392 g/mol. The molecule has 144 valence electrons. The quantitative estimate of drug-likeness (QED) is 0.700. The van der Waals surface area contributed by atoms with Crippen LogP contribution in [0.15, 0.2) is 18.3 Å². The zero-order valence-corrected chi connectivity index (χ0v) is 16.7. The molecule has 7 nitrogen and oxygen atoms in total. The first-order valence-corrected chi connectivity index (χ1v) is 9.44. The second kappa shape index (κ2) is 9.48. The van der Waals surface area contributed by atoms with Gasteiger partial charge in [-0.05, 0) is 38.0 Å². The van der Waals surface area contributed by atoms with E-state index in [-0.39, 0.29) is 12.3 Å². The molecule has 0 fully saturated rings. The highest BCUT2D eigenvalue weighted by Gasteiger charge is 2.23. The summed E-state index contributed by atoms with van der Waals surface area (Å²) in [5.74, 6) is -1.83. The number of hydrogen-bond donors (Lipinski definition) is 1. The monoisotopic (exact) mass is 410 g/mol. The van der Waals surface area contributed by atoms with Gasteiger partial charge in [0.1, 0.15) is 10.7 Å². The number of pyridine rings is 1. The number of anilines is 1. The fourth-order valence-corrected chi connectivity index (χ4v) is 3.70. The molecule has 2 heterocycles. The van der Waals surface area contributed by atoms with Gasteiger partial charge in [-0.2, -0.15) is 0 Å². The van der Waals surface area contributed by atoms with E-state index in [0.29, 0.717) is 22.0 Å². The highest BCUT2D eigenvalue weighted by molar-refractivity contribution is 7.16. The number of nitrogens with one attached hydrogen (secondary N) is 1. The van der Waals surface area contributed by atoms with Crippen molar-refractivity contribution in [3.8, 4) is 0 Å². The van der Waals surface area contributed by atoms with Crippen molar-refractivity contribution in [1.29, 1.82) is 0 Å². The van der Waals surface area contributed by atoms with E-state index in [1.807, 2.05) is 13.8 Å². The van der Waals surface area contributed by atoms with Crippen molar-refractivity contribution >= 4 is 45.8 Å². The zero-order chi connectivity index (χ0) is 20.0. The topological polar surface area (TPSA) is 94.6 Å². The lowest BCUT2D eigenvalue weighted by Crippen LogP contribution is -2.22. The van der Waals surface area contributed by atoms with Gasteiger partial charge in [0.2, 0.25) is 0 Å². The van der Waals surface area contributed by atoms with Crippen molar-refractivity contribution in [3.05, 3.63) is 45.1 Å². The summed E-state index contributed by atoms with van der Waals surface area (Å²) in [4.78, 5) is 41.1. The number of nitrogens with zero attached hydrogens (tertiary/aromatic N) is 1. The molecule has 2 aromatic rings. The molecule has 0 unspecified atom stereocenters. The SMILES string of the molecule is CCOC(=O)c1c(NC(=O)COC(=O)c2cc(Cl)ccn2)sc(C)c1CC. The van der Waals surface area contributed by atoms with Gasteiger partial charge in [-0.25, -0.2) is 14.6 Å². The molecule has 2 rings (SSSR count). The third-order valence-corrected chi connectivity index (χ3v) is 4.86. The van der Waals surface area contributed by atoms with E-state index in [1.54, 1.807) is 6.92 Å². The molecule has 0 aliphatic rings. The second-order valence-electron chi connectivity index (χ2n) is 5.40. The smallest absolute Gasteiger partial charge is 0.357 e. The Labute approximate surface area is 165 Å². The maximum absolute atomic E-state index is 12.3. The Morgan fingerprint density at radius 1 is 1.22 bits per heavy atom. The van der Waals surface area contributed by atoms with Gasteiger partial charge in [0.25, 0.3) is 5.91 Å². The fraction of sp³-hybridized carbons (Fsp3) is 0.333. The number of aromatic nitrogens is 1. The lowest BCUT2D eigenvalue weighted by Gasteiger charge is -2.08. The van der Waals surface area contributed by atoms with Crippen molar-refractivity contribution in [1.82, 2.24) is 4.98 Å². The van der Waals surface area contributed by atoms with Crippen molar-refractivity contribution in [2.45, 2.75) is 27.2 Å². The fourth-order valence-electron chi connectivity index (χ4n) is 2.40. The van der Waals surface area contributed by atoms with Crippen LogP contribution in [-0.2, 0) is 20.7 Å². The largest absolute Gasteiger partial charge is 0.462 e. The molecule has 27 heavy (non-hydrogen) atoms. The van der Waals surface area contributed by atoms with Gasteiger partial charge in [-0.1, -0.05) is 18.5 Å². The van der Waals surface area contributed by atoms with Crippen molar-refractivity contribution in [3.63, 3.8) is 0 Å². The molecule has 0 atom stereocenters. The van der Waals surface area contributed by atoms with E-state index in [9.17, 15) is 14.4 Å². The van der Waals surface area contributed by atoms with Gasteiger partial charge < -0.3 is 14.8 Å². The van der Waals surface area contributed by atoms with E-state index >= 15 is 0 Å². The van der Waals surface area contributed by atoms with E-state index in [4.69, 9.17) is 21.1 Å². The summed E-state index contributed by atoms with van der Waals surface area (Å²) < 4.78 is 10.0. The maximum atomic E-state index is 12.3. The highest BCUT2D eigenvalue weighted by Crippen LogP contribution is 2.34. The van der Waals surface area contributed by atoms with E-state index in [2.05, 4.69) is 10.3 Å². The molecule has 0 saturated heterocycles. The minimum absolute atomic E-state index is 0.00255. The highest BCUT2D eigenvalue weighted by atomic mass is 35.5.